The average molecular weight is 276 g/mol. The fraction of sp³-hybridized carbons (Fsp3) is 0.647. The summed E-state index contributed by atoms with van der Waals surface area (Å²) in [5.74, 6) is 7.44. The number of nitrogens with one attached hydrogen (secondary N) is 1. The molecular weight excluding hydrogens is 248 g/mol. The van der Waals surface area contributed by atoms with Gasteiger partial charge in [0.05, 0.1) is 6.61 Å². The topological polar surface area (TPSA) is 47.3 Å². The van der Waals surface area contributed by atoms with Crippen molar-refractivity contribution in [3.63, 3.8) is 0 Å². The molecule has 0 heterocycles. The number of nitrogens with two attached hydrogens (primary N) is 1. The maximum Gasteiger partial charge on any atom is 0.119 e. The molecule has 1 aliphatic carbocycles. The number of hydrazine groups is 1. The lowest BCUT2D eigenvalue weighted by atomic mass is 9.83. The van der Waals surface area contributed by atoms with Crippen LogP contribution >= 0.6 is 0 Å². The highest BCUT2D eigenvalue weighted by atomic mass is 16.5. The summed E-state index contributed by atoms with van der Waals surface area (Å²) in [5, 5.41) is 0. The maximum absolute atomic E-state index is 5.86. The Hall–Kier alpha value is -1.06. The molecule has 0 aliphatic heterocycles. The van der Waals surface area contributed by atoms with Crippen LogP contribution in [-0.2, 0) is 0 Å². The predicted molar refractivity (Wildman–Crippen MR) is 83.5 cm³/mol. The standard InChI is InChI=1S/C17H28N2O/c1-2-20-16-12-8-11-15(13-16)17(19-18)14-9-6-4-3-5-7-10-14/h8,11-14,17,19H,2-7,9-10,18H2,1H3. The molecule has 0 spiro atoms. The van der Waals surface area contributed by atoms with Crippen molar-refractivity contribution >= 4 is 0 Å². The molecule has 3 N–H and O–H groups in total. The minimum absolute atomic E-state index is 0.244. The maximum atomic E-state index is 5.86. The predicted octanol–water partition coefficient (Wildman–Crippen LogP) is 3.95. The summed E-state index contributed by atoms with van der Waals surface area (Å²) in [7, 11) is 0. The van der Waals surface area contributed by atoms with Gasteiger partial charge in [0, 0.05) is 6.04 Å². The molecule has 0 amide bonds. The van der Waals surface area contributed by atoms with E-state index < -0.39 is 0 Å². The van der Waals surface area contributed by atoms with Crippen molar-refractivity contribution in [1.29, 1.82) is 0 Å². The van der Waals surface area contributed by atoms with Crippen LogP contribution < -0.4 is 16.0 Å². The molecule has 0 aromatic heterocycles. The highest BCUT2D eigenvalue weighted by Gasteiger charge is 2.23. The molecular formula is C17H28N2O. The van der Waals surface area contributed by atoms with Crippen LogP contribution in [0.1, 0.15) is 63.5 Å². The van der Waals surface area contributed by atoms with Crippen LogP contribution in [0.15, 0.2) is 24.3 Å². The highest BCUT2D eigenvalue weighted by molar-refractivity contribution is 5.31. The zero-order valence-corrected chi connectivity index (χ0v) is 12.6. The summed E-state index contributed by atoms with van der Waals surface area (Å²) in [6.45, 7) is 2.72. The molecule has 3 nitrogen and oxygen atoms in total. The Bertz CT molecular complexity index is 386. The Morgan fingerprint density at radius 3 is 2.55 bits per heavy atom. The lowest BCUT2D eigenvalue weighted by molar-refractivity contribution is 0.289. The van der Waals surface area contributed by atoms with E-state index in [9.17, 15) is 0 Å². The van der Waals surface area contributed by atoms with Gasteiger partial charge in [0.25, 0.3) is 0 Å². The van der Waals surface area contributed by atoms with E-state index in [-0.39, 0.29) is 6.04 Å². The fourth-order valence-corrected chi connectivity index (χ4v) is 3.29. The van der Waals surface area contributed by atoms with Gasteiger partial charge in [0.2, 0.25) is 0 Å². The summed E-state index contributed by atoms with van der Waals surface area (Å²) in [6.07, 6.45) is 9.33. The summed E-state index contributed by atoms with van der Waals surface area (Å²) in [5.41, 5.74) is 4.30. The molecule has 0 saturated heterocycles. The summed E-state index contributed by atoms with van der Waals surface area (Å²) in [4.78, 5) is 0. The first kappa shape index (κ1) is 15.3. The molecule has 3 heteroatoms. The van der Waals surface area contributed by atoms with E-state index >= 15 is 0 Å². The van der Waals surface area contributed by atoms with Crippen LogP contribution in [0.5, 0.6) is 5.75 Å². The van der Waals surface area contributed by atoms with E-state index in [1.165, 1.54) is 50.5 Å². The van der Waals surface area contributed by atoms with Crippen molar-refractivity contribution in [1.82, 2.24) is 5.43 Å². The molecule has 112 valence electrons. The Kier molecular flexibility index (Phi) is 6.34. The molecule has 0 bridgehead atoms. The fourth-order valence-electron chi connectivity index (χ4n) is 3.29. The van der Waals surface area contributed by atoms with Crippen molar-refractivity contribution in [3.8, 4) is 5.75 Å². The second-order valence-corrected chi connectivity index (χ2v) is 5.76. The lowest BCUT2D eigenvalue weighted by Crippen LogP contribution is -2.34. The van der Waals surface area contributed by atoms with Gasteiger partial charge < -0.3 is 4.74 Å². The third kappa shape index (κ3) is 4.22. The Balaban J connectivity index is 2.10. The molecule has 1 aromatic carbocycles. The molecule has 1 unspecified atom stereocenters. The Labute approximate surface area is 122 Å². The van der Waals surface area contributed by atoms with Gasteiger partial charge in [-0.1, -0.05) is 44.2 Å². The SMILES string of the molecule is CCOc1cccc(C(NN)C2CCCCCCC2)c1. The molecule has 0 radical (unpaired) electrons. The third-order valence-electron chi connectivity index (χ3n) is 4.33. The normalized spacial score (nSPS) is 19.1. The lowest BCUT2D eigenvalue weighted by Gasteiger charge is -2.28. The van der Waals surface area contributed by atoms with Gasteiger partial charge >= 0.3 is 0 Å². The molecule has 20 heavy (non-hydrogen) atoms. The number of hydrogen-bond donors (Lipinski definition) is 2. The van der Waals surface area contributed by atoms with Gasteiger partial charge in [-0.2, -0.15) is 0 Å². The molecule has 1 aromatic rings. The first-order valence-electron chi connectivity index (χ1n) is 8.04. The highest BCUT2D eigenvalue weighted by Crippen LogP contribution is 2.33. The summed E-state index contributed by atoms with van der Waals surface area (Å²) >= 11 is 0. The van der Waals surface area contributed by atoms with Crippen LogP contribution in [0.3, 0.4) is 0 Å². The second-order valence-electron chi connectivity index (χ2n) is 5.76. The molecule has 1 aliphatic rings. The van der Waals surface area contributed by atoms with E-state index in [4.69, 9.17) is 10.6 Å². The molecule has 1 atom stereocenters. The van der Waals surface area contributed by atoms with E-state index in [0.29, 0.717) is 12.5 Å². The van der Waals surface area contributed by atoms with Gasteiger partial charge in [-0.05, 0) is 43.4 Å². The minimum atomic E-state index is 0.244. The zero-order valence-electron chi connectivity index (χ0n) is 12.6. The van der Waals surface area contributed by atoms with Crippen LogP contribution in [0, 0.1) is 5.92 Å². The molecule has 1 fully saturated rings. The minimum Gasteiger partial charge on any atom is -0.494 e. The first-order chi connectivity index (χ1) is 9.85. The van der Waals surface area contributed by atoms with Gasteiger partial charge in [-0.3, -0.25) is 11.3 Å². The van der Waals surface area contributed by atoms with E-state index in [2.05, 4.69) is 23.6 Å². The number of ether oxygens (including phenoxy) is 1. The smallest absolute Gasteiger partial charge is 0.119 e. The van der Waals surface area contributed by atoms with Crippen molar-refractivity contribution < 1.29 is 4.74 Å². The van der Waals surface area contributed by atoms with Gasteiger partial charge in [-0.15, -0.1) is 0 Å². The average Bonchev–Trinajstić information content (AvgIpc) is 2.42. The number of hydrogen-bond acceptors (Lipinski definition) is 3. The Morgan fingerprint density at radius 1 is 1.20 bits per heavy atom. The monoisotopic (exact) mass is 276 g/mol. The largest absolute Gasteiger partial charge is 0.494 e. The summed E-state index contributed by atoms with van der Waals surface area (Å²) in [6, 6.07) is 8.61. The van der Waals surface area contributed by atoms with Crippen molar-refractivity contribution in [2.24, 2.45) is 11.8 Å². The van der Waals surface area contributed by atoms with Crippen LogP contribution in [0.4, 0.5) is 0 Å². The van der Waals surface area contributed by atoms with E-state index in [1.54, 1.807) is 0 Å². The van der Waals surface area contributed by atoms with Crippen molar-refractivity contribution in [3.05, 3.63) is 29.8 Å². The van der Waals surface area contributed by atoms with Crippen LogP contribution in [0.25, 0.3) is 0 Å². The number of rotatable bonds is 5. The first-order valence-corrected chi connectivity index (χ1v) is 8.04. The van der Waals surface area contributed by atoms with Gasteiger partial charge in [-0.25, -0.2) is 0 Å². The van der Waals surface area contributed by atoms with Crippen LogP contribution in [0.2, 0.25) is 0 Å². The molecule has 1 saturated carbocycles. The van der Waals surface area contributed by atoms with Crippen LogP contribution in [-0.4, -0.2) is 6.61 Å². The zero-order chi connectivity index (χ0) is 14.2. The summed E-state index contributed by atoms with van der Waals surface area (Å²) < 4.78 is 5.60. The molecule has 2 rings (SSSR count). The van der Waals surface area contributed by atoms with Gasteiger partial charge in [0.15, 0.2) is 0 Å². The van der Waals surface area contributed by atoms with E-state index in [1.807, 2.05) is 13.0 Å². The van der Waals surface area contributed by atoms with E-state index in [0.717, 1.165) is 5.75 Å². The Morgan fingerprint density at radius 2 is 1.90 bits per heavy atom. The van der Waals surface area contributed by atoms with Gasteiger partial charge in [0.1, 0.15) is 5.75 Å². The van der Waals surface area contributed by atoms with Crippen molar-refractivity contribution in [2.45, 2.75) is 57.9 Å². The second kappa shape index (κ2) is 8.28. The number of benzene rings is 1. The van der Waals surface area contributed by atoms with Crippen molar-refractivity contribution in [2.75, 3.05) is 6.61 Å². The third-order valence-corrected chi connectivity index (χ3v) is 4.33. The quantitative estimate of drug-likeness (QED) is 0.632.